The van der Waals surface area contributed by atoms with Gasteiger partial charge in [-0.2, -0.15) is 0 Å². The van der Waals surface area contributed by atoms with Crippen LogP contribution in [-0.4, -0.2) is 43.9 Å². The SMILES string of the molecule is CC(C)[C@H](NC(=O)N[C@H]1CCS(=O)(=O)C1)C(=O)Nc1ccc(Cl)cc1. The van der Waals surface area contributed by atoms with Gasteiger partial charge in [0, 0.05) is 16.8 Å². The van der Waals surface area contributed by atoms with E-state index in [9.17, 15) is 18.0 Å². The number of nitrogens with one attached hydrogen (secondary N) is 3. The van der Waals surface area contributed by atoms with Crippen LogP contribution in [0.4, 0.5) is 10.5 Å². The number of hydrogen-bond donors (Lipinski definition) is 3. The van der Waals surface area contributed by atoms with Crippen LogP contribution in [0.5, 0.6) is 0 Å². The maximum Gasteiger partial charge on any atom is 0.315 e. The number of anilines is 1. The number of halogens is 1. The fraction of sp³-hybridized carbons (Fsp3) is 0.500. The van der Waals surface area contributed by atoms with Crippen LogP contribution in [0.2, 0.25) is 5.02 Å². The van der Waals surface area contributed by atoms with Crippen molar-refractivity contribution in [1.82, 2.24) is 10.6 Å². The monoisotopic (exact) mass is 387 g/mol. The number of urea groups is 1. The van der Waals surface area contributed by atoms with E-state index in [1.54, 1.807) is 24.3 Å². The summed E-state index contributed by atoms with van der Waals surface area (Å²) in [6.07, 6.45) is 0.388. The molecule has 0 aromatic heterocycles. The summed E-state index contributed by atoms with van der Waals surface area (Å²) in [6.45, 7) is 3.62. The molecule has 9 heteroatoms. The maximum atomic E-state index is 12.4. The molecule has 0 saturated carbocycles. The Bertz CT molecular complexity index is 734. The van der Waals surface area contributed by atoms with Crippen LogP contribution in [0.25, 0.3) is 0 Å². The van der Waals surface area contributed by atoms with Gasteiger partial charge in [0.05, 0.1) is 11.5 Å². The maximum absolute atomic E-state index is 12.4. The van der Waals surface area contributed by atoms with Gasteiger partial charge in [-0.15, -0.1) is 0 Å². The van der Waals surface area contributed by atoms with E-state index in [1.807, 2.05) is 13.8 Å². The predicted octanol–water partition coefficient (Wildman–Crippen LogP) is 1.79. The third-order valence-electron chi connectivity index (χ3n) is 3.92. The molecule has 0 radical (unpaired) electrons. The molecule has 2 atom stereocenters. The smallest absolute Gasteiger partial charge is 0.315 e. The first kappa shape index (κ1) is 19.5. The van der Waals surface area contributed by atoms with Crippen molar-refractivity contribution in [2.24, 2.45) is 5.92 Å². The van der Waals surface area contributed by atoms with Crippen molar-refractivity contribution in [3.63, 3.8) is 0 Å². The quantitative estimate of drug-likeness (QED) is 0.716. The normalized spacial score (nSPS) is 20.1. The first-order chi connectivity index (χ1) is 11.7. The van der Waals surface area contributed by atoms with Gasteiger partial charge in [-0.05, 0) is 36.6 Å². The lowest BCUT2D eigenvalue weighted by Gasteiger charge is -2.23. The number of rotatable bonds is 5. The zero-order valence-corrected chi connectivity index (χ0v) is 15.7. The zero-order chi connectivity index (χ0) is 18.6. The summed E-state index contributed by atoms with van der Waals surface area (Å²) < 4.78 is 22.9. The van der Waals surface area contributed by atoms with E-state index in [-0.39, 0.29) is 23.3 Å². The summed E-state index contributed by atoms with van der Waals surface area (Å²) in [7, 11) is -3.08. The van der Waals surface area contributed by atoms with Crippen LogP contribution in [-0.2, 0) is 14.6 Å². The van der Waals surface area contributed by atoms with Crippen LogP contribution in [0.3, 0.4) is 0 Å². The lowest BCUT2D eigenvalue weighted by atomic mass is 10.0. The van der Waals surface area contributed by atoms with Gasteiger partial charge in [0.25, 0.3) is 0 Å². The Kier molecular flexibility index (Phi) is 6.29. The Morgan fingerprint density at radius 1 is 1.20 bits per heavy atom. The third-order valence-corrected chi connectivity index (χ3v) is 5.94. The molecule has 7 nitrogen and oxygen atoms in total. The number of sulfone groups is 1. The van der Waals surface area contributed by atoms with E-state index >= 15 is 0 Å². The van der Waals surface area contributed by atoms with Gasteiger partial charge in [0.2, 0.25) is 5.91 Å². The van der Waals surface area contributed by atoms with E-state index in [0.717, 1.165) is 0 Å². The van der Waals surface area contributed by atoms with E-state index in [2.05, 4.69) is 16.0 Å². The molecule has 138 valence electrons. The van der Waals surface area contributed by atoms with Crippen LogP contribution in [0.15, 0.2) is 24.3 Å². The third kappa shape index (κ3) is 5.89. The zero-order valence-electron chi connectivity index (χ0n) is 14.1. The highest BCUT2D eigenvalue weighted by molar-refractivity contribution is 7.91. The molecule has 0 aliphatic carbocycles. The van der Waals surface area contributed by atoms with Gasteiger partial charge in [-0.25, -0.2) is 13.2 Å². The molecule has 0 unspecified atom stereocenters. The minimum Gasteiger partial charge on any atom is -0.334 e. The number of carbonyl (C=O) groups excluding carboxylic acids is 2. The molecule has 0 bridgehead atoms. The first-order valence-electron chi connectivity index (χ1n) is 8.00. The fourth-order valence-corrected chi connectivity index (χ4v) is 4.36. The van der Waals surface area contributed by atoms with Gasteiger partial charge in [-0.1, -0.05) is 25.4 Å². The Morgan fingerprint density at radius 3 is 2.36 bits per heavy atom. The highest BCUT2D eigenvalue weighted by Crippen LogP contribution is 2.15. The van der Waals surface area contributed by atoms with Gasteiger partial charge < -0.3 is 16.0 Å². The molecule has 3 N–H and O–H groups in total. The van der Waals surface area contributed by atoms with Crippen LogP contribution in [0.1, 0.15) is 20.3 Å². The van der Waals surface area contributed by atoms with Gasteiger partial charge >= 0.3 is 6.03 Å². The molecular weight excluding hydrogens is 366 g/mol. The molecular formula is C16H22ClN3O4S. The second-order valence-corrected chi connectivity index (χ2v) is 9.10. The molecule has 1 heterocycles. The molecule has 1 aromatic carbocycles. The highest BCUT2D eigenvalue weighted by atomic mass is 35.5. The first-order valence-corrected chi connectivity index (χ1v) is 10.2. The average molecular weight is 388 g/mol. The second-order valence-electron chi connectivity index (χ2n) is 6.44. The predicted molar refractivity (Wildman–Crippen MR) is 97.4 cm³/mol. The van der Waals surface area contributed by atoms with Crippen molar-refractivity contribution in [2.75, 3.05) is 16.8 Å². The Balaban J connectivity index is 1.94. The van der Waals surface area contributed by atoms with Gasteiger partial charge in [0.1, 0.15) is 6.04 Å². The summed E-state index contributed by atoms with van der Waals surface area (Å²) >= 11 is 5.81. The van der Waals surface area contributed by atoms with Crippen molar-refractivity contribution in [2.45, 2.75) is 32.4 Å². The molecule has 0 spiro atoms. The second kappa shape index (κ2) is 8.05. The number of benzene rings is 1. The average Bonchev–Trinajstić information content (AvgIpc) is 2.85. The summed E-state index contributed by atoms with van der Waals surface area (Å²) in [4.78, 5) is 24.5. The molecule has 1 aliphatic rings. The Morgan fingerprint density at radius 2 is 1.84 bits per heavy atom. The molecule has 25 heavy (non-hydrogen) atoms. The van der Waals surface area contributed by atoms with Gasteiger partial charge in [0.15, 0.2) is 9.84 Å². The number of hydrogen-bond acceptors (Lipinski definition) is 4. The number of carbonyl (C=O) groups is 2. The van der Waals surface area contributed by atoms with Crippen LogP contribution in [0, 0.1) is 5.92 Å². The van der Waals surface area contributed by atoms with Crippen molar-refractivity contribution in [1.29, 1.82) is 0 Å². The molecule has 1 aliphatic heterocycles. The minimum absolute atomic E-state index is 0.0657. The molecule has 2 rings (SSSR count). The Labute approximate surface area is 152 Å². The van der Waals surface area contributed by atoms with Crippen LogP contribution < -0.4 is 16.0 Å². The minimum atomic E-state index is -3.08. The molecule has 3 amide bonds. The van der Waals surface area contributed by atoms with E-state index in [1.165, 1.54) is 0 Å². The lowest BCUT2D eigenvalue weighted by Crippen LogP contribution is -2.52. The highest BCUT2D eigenvalue weighted by Gasteiger charge is 2.30. The van der Waals surface area contributed by atoms with Crippen molar-refractivity contribution < 1.29 is 18.0 Å². The topological polar surface area (TPSA) is 104 Å². The summed E-state index contributed by atoms with van der Waals surface area (Å²) in [6, 6.07) is 4.92. The van der Waals surface area contributed by atoms with E-state index < -0.39 is 28.0 Å². The lowest BCUT2D eigenvalue weighted by molar-refractivity contribution is -0.118. The summed E-state index contributed by atoms with van der Waals surface area (Å²) in [5.41, 5.74) is 0.573. The number of amides is 3. The van der Waals surface area contributed by atoms with Gasteiger partial charge in [-0.3, -0.25) is 4.79 Å². The van der Waals surface area contributed by atoms with E-state index in [4.69, 9.17) is 11.6 Å². The summed E-state index contributed by atoms with van der Waals surface area (Å²) in [5, 5.41) is 8.52. The van der Waals surface area contributed by atoms with Crippen molar-refractivity contribution in [3.8, 4) is 0 Å². The Hall–Kier alpha value is -1.80. The van der Waals surface area contributed by atoms with Crippen molar-refractivity contribution in [3.05, 3.63) is 29.3 Å². The molecule has 1 aromatic rings. The van der Waals surface area contributed by atoms with Crippen molar-refractivity contribution >= 4 is 39.1 Å². The largest absolute Gasteiger partial charge is 0.334 e. The van der Waals surface area contributed by atoms with E-state index in [0.29, 0.717) is 17.1 Å². The molecule has 1 fully saturated rings. The summed E-state index contributed by atoms with van der Waals surface area (Å²) in [5.74, 6) is -0.497. The fourth-order valence-electron chi connectivity index (χ4n) is 2.57. The standard InChI is InChI=1S/C16H22ClN3O4S/c1-10(2)14(15(21)18-12-5-3-11(17)4-6-12)20-16(22)19-13-7-8-25(23,24)9-13/h3-6,10,13-14H,7-9H2,1-2H3,(H,18,21)(H2,19,20,22)/t13-,14-/m0/s1. The van der Waals surface area contributed by atoms with Crippen LogP contribution >= 0.6 is 11.6 Å². The molecule has 1 saturated heterocycles.